The fraction of sp³-hybridized carbons (Fsp3) is 1.00. The van der Waals surface area contributed by atoms with Crippen LogP contribution in [0.1, 0.15) is 47.0 Å². The van der Waals surface area contributed by atoms with Crippen molar-refractivity contribution in [3.63, 3.8) is 0 Å². The van der Waals surface area contributed by atoms with Gasteiger partial charge in [0.15, 0.2) is 0 Å². The number of hydrogen-bond donors (Lipinski definition) is 0. The van der Waals surface area contributed by atoms with Crippen molar-refractivity contribution >= 4 is 0 Å². The molecule has 0 aromatic rings. The molecule has 1 saturated heterocycles. The van der Waals surface area contributed by atoms with Crippen LogP contribution in [0.4, 0.5) is 0 Å². The van der Waals surface area contributed by atoms with Gasteiger partial charge >= 0.3 is 0 Å². The smallest absolute Gasteiger partial charge is 0.0599 e. The number of piperidine rings is 1. The molecule has 20 heavy (non-hydrogen) atoms. The normalized spacial score (nSPS) is 19.9. The first-order valence-electron chi connectivity index (χ1n) is 8.53. The molecule has 0 saturated carbocycles. The van der Waals surface area contributed by atoms with Gasteiger partial charge in [0.2, 0.25) is 0 Å². The maximum atomic E-state index is 6.12. The van der Waals surface area contributed by atoms with Gasteiger partial charge in [0.05, 0.1) is 6.10 Å². The maximum absolute atomic E-state index is 6.12. The highest BCUT2D eigenvalue weighted by Gasteiger charge is 2.20. The third kappa shape index (κ3) is 7.61. The molecule has 1 aliphatic heterocycles. The molecule has 3 heteroatoms. The first kappa shape index (κ1) is 17.9. The lowest BCUT2D eigenvalue weighted by atomic mass is 10.1. The van der Waals surface area contributed by atoms with E-state index in [1.165, 1.54) is 45.4 Å². The average molecular weight is 284 g/mol. The minimum absolute atomic E-state index is 0.504. The van der Waals surface area contributed by atoms with Gasteiger partial charge in [-0.2, -0.15) is 0 Å². The molecule has 1 heterocycles. The summed E-state index contributed by atoms with van der Waals surface area (Å²) in [5.74, 6) is 1.46. The zero-order chi connectivity index (χ0) is 15.0. The molecular weight excluding hydrogens is 248 g/mol. The zero-order valence-electron chi connectivity index (χ0n) is 14.4. The van der Waals surface area contributed by atoms with Crippen molar-refractivity contribution in [1.29, 1.82) is 0 Å². The summed E-state index contributed by atoms with van der Waals surface area (Å²) in [4.78, 5) is 4.96. The first-order chi connectivity index (χ1) is 9.51. The number of hydrogen-bond acceptors (Lipinski definition) is 3. The Labute approximate surface area is 126 Å². The molecule has 0 spiro atoms. The van der Waals surface area contributed by atoms with Gasteiger partial charge in [-0.15, -0.1) is 0 Å². The lowest BCUT2D eigenvalue weighted by molar-refractivity contribution is -0.0102. The Morgan fingerprint density at radius 2 is 1.85 bits per heavy atom. The largest absolute Gasteiger partial charge is 0.378 e. The van der Waals surface area contributed by atoms with Gasteiger partial charge in [-0.25, -0.2) is 0 Å². The van der Waals surface area contributed by atoms with Crippen LogP contribution < -0.4 is 0 Å². The molecule has 0 aromatic carbocycles. The monoisotopic (exact) mass is 284 g/mol. The van der Waals surface area contributed by atoms with Crippen molar-refractivity contribution in [2.45, 2.75) is 53.1 Å². The Morgan fingerprint density at radius 3 is 2.40 bits per heavy atom. The molecule has 1 fully saturated rings. The van der Waals surface area contributed by atoms with E-state index in [4.69, 9.17) is 4.74 Å². The molecule has 3 nitrogen and oxygen atoms in total. The lowest BCUT2D eigenvalue weighted by Gasteiger charge is -2.33. The third-order valence-corrected chi connectivity index (χ3v) is 4.32. The number of likely N-dealkylation sites (tertiary alicyclic amines) is 1. The van der Waals surface area contributed by atoms with E-state index in [2.05, 4.69) is 44.5 Å². The highest BCUT2D eigenvalue weighted by atomic mass is 16.5. The molecule has 0 amide bonds. The minimum atomic E-state index is 0.504. The van der Waals surface area contributed by atoms with Crippen molar-refractivity contribution in [3.8, 4) is 0 Å². The van der Waals surface area contributed by atoms with Crippen LogP contribution in [-0.2, 0) is 4.74 Å². The fourth-order valence-electron chi connectivity index (χ4n) is 2.76. The zero-order valence-corrected chi connectivity index (χ0v) is 14.4. The SMILES string of the molecule is CCN(C)CCC(C)COC1CCN(CC(C)C)CC1. The predicted molar refractivity (Wildman–Crippen MR) is 87.2 cm³/mol. The summed E-state index contributed by atoms with van der Waals surface area (Å²) in [5, 5.41) is 0. The molecule has 1 aliphatic rings. The van der Waals surface area contributed by atoms with Gasteiger partial charge in [0, 0.05) is 26.2 Å². The minimum Gasteiger partial charge on any atom is -0.378 e. The van der Waals surface area contributed by atoms with E-state index in [1.54, 1.807) is 0 Å². The summed E-state index contributed by atoms with van der Waals surface area (Å²) in [6.07, 6.45) is 4.18. The van der Waals surface area contributed by atoms with Crippen molar-refractivity contribution < 1.29 is 4.74 Å². The van der Waals surface area contributed by atoms with Crippen LogP contribution in [0.15, 0.2) is 0 Å². The van der Waals surface area contributed by atoms with Gasteiger partial charge < -0.3 is 14.5 Å². The fourth-order valence-corrected chi connectivity index (χ4v) is 2.76. The van der Waals surface area contributed by atoms with Crippen LogP contribution in [0.5, 0.6) is 0 Å². The maximum Gasteiger partial charge on any atom is 0.0599 e. The van der Waals surface area contributed by atoms with E-state index < -0.39 is 0 Å². The summed E-state index contributed by atoms with van der Waals surface area (Å²) >= 11 is 0. The topological polar surface area (TPSA) is 15.7 Å². The Kier molecular flexibility index (Phi) is 8.74. The Hall–Kier alpha value is -0.120. The van der Waals surface area contributed by atoms with Crippen LogP contribution in [0, 0.1) is 11.8 Å². The van der Waals surface area contributed by atoms with E-state index in [1.807, 2.05) is 0 Å². The van der Waals surface area contributed by atoms with E-state index in [0.29, 0.717) is 12.0 Å². The summed E-state index contributed by atoms with van der Waals surface area (Å²) < 4.78 is 6.12. The molecule has 0 radical (unpaired) electrons. The van der Waals surface area contributed by atoms with E-state index >= 15 is 0 Å². The van der Waals surface area contributed by atoms with Crippen LogP contribution in [0.2, 0.25) is 0 Å². The highest BCUT2D eigenvalue weighted by Crippen LogP contribution is 2.16. The van der Waals surface area contributed by atoms with Crippen molar-refractivity contribution in [2.75, 3.05) is 46.4 Å². The molecular formula is C17H36N2O. The van der Waals surface area contributed by atoms with Gasteiger partial charge in [-0.1, -0.05) is 27.7 Å². The van der Waals surface area contributed by atoms with E-state index in [-0.39, 0.29) is 0 Å². The second-order valence-electron chi connectivity index (χ2n) is 7.02. The highest BCUT2D eigenvalue weighted by molar-refractivity contribution is 4.73. The van der Waals surface area contributed by atoms with Crippen molar-refractivity contribution in [2.24, 2.45) is 11.8 Å². The van der Waals surface area contributed by atoms with Crippen LogP contribution in [0.3, 0.4) is 0 Å². The third-order valence-electron chi connectivity index (χ3n) is 4.32. The van der Waals surface area contributed by atoms with Crippen molar-refractivity contribution in [3.05, 3.63) is 0 Å². The molecule has 120 valence electrons. The molecule has 0 bridgehead atoms. The van der Waals surface area contributed by atoms with Gasteiger partial charge in [-0.3, -0.25) is 0 Å². The molecule has 0 N–H and O–H groups in total. The van der Waals surface area contributed by atoms with Crippen molar-refractivity contribution in [1.82, 2.24) is 9.80 Å². The Morgan fingerprint density at radius 1 is 1.20 bits per heavy atom. The summed E-state index contributed by atoms with van der Waals surface area (Å²) in [6, 6.07) is 0. The van der Waals surface area contributed by atoms with E-state index in [0.717, 1.165) is 19.1 Å². The van der Waals surface area contributed by atoms with Crippen LogP contribution >= 0.6 is 0 Å². The number of rotatable bonds is 9. The Balaban J connectivity index is 2.08. The van der Waals surface area contributed by atoms with Crippen LogP contribution in [0.25, 0.3) is 0 Å². The van der Waals surface area contributed by atoms with Gasteiger partial charge in [-0.05, 0) is 51.2 Å². The second kappa shape index (κ2) is 9.75. The molecule has 1 atom stereocenters. The quantitative estimate of drug-likeness (QED) is 0.647. The summed E-state index contributed by atoms with van der Waals surface area (Å²) in [7, 11) is 2.19. The van der Waals surface area contributed by atoms with Crippen LogP contribution in [-0.4, -0.2) is 62.3 Å². The summed E-state index contributed by atoms with van der Waals surface area (Å²) in [6.45, 7) is 16.1. The summed E-state index contributed by atoms with van der Waals surface area (Å²) in [5.41, 5.74) is 0. The lowest BCUT2D eigenvalue weighted by Crippen LogP contribution is -2.39. The average Bonchev–Trinajstić information content (AvgIpc) is 2.43. The second-order valence-corrected chi connectivity index (χ2v) is 7.02. The molecule has 0 aliphatic carbocycles. The predicted octanol–water partition coefficient (Wildman–Crippen LogP) is 3.10. The van der Waals surface area contributed by atoms with Gasteiger partial charge in [0.1, 0.15) is 0 Å². The van der Waals surface area contributed by atoms with E-state index in [9.17, 15) is 0 Å². The molecule has 1 unspecified atom stereocenters. The number of ether oxygens (including phenoxy) is 1. The standard InChI is InChI=1S/C17H36N2O/c1-6-18(5)10-7-16(4)14-20-17-8-11-19(12-9-17)13-15(2)3/h15-17H,6-14H2,1-5H3. The number of nitrogens with zero attached hydrogens (tertiary/aromatic N) is 2. The molecule has 1 rings (SSSR count). The van der Waals surface area contributed by atoms with Gasteiger partial charge in [0.25, 0.3) is 0 Å². The molecule has 0 aromatic heterocycles. The first-order valence-corrected chi connectivity index (χ1v) is 8.53. The Bertz CT molecular complexity index is 237.